The Labute approximate surface area is 113 Å². The summed E-state index contributed by atoms with van der Waals surface area (Å²) < 4.78 is 4.53. The summed E-state index contributed by atoms with van der Waals surface area (Å²) in [5, 5.41) is 3.45. The van der Waals surface area contributed by atoms with E-state index in [1.807, 2.05) is 0 Å². The summed E-state index contributed by atoms with van der Waals surface area (Å²) in [5.41, 5.74) is 3.58. The molecule has 0 unspecified atom stereocenters. The molecule has 0 fully saturated rings. The molecular formula is C15H20N2S. The Bertz CT molecular complexity index is 503. The minimum Gasteiger partial charge on any atom is -0.312 e. The van der Waals surface area contributed by atoms with Gasteiger partial charge in [-0.1, -0.05) is 37.6 Å². The van der Waals surface area contributed by atoms with Gasteiger partial charge < -0.3 is 5.32 Å². The smallest absolute Gasteiger partial charge is 0.0844 e. The monoisotopic (exact) mass is 260 g/mol. The second kappa shape index (κ2) is 6.12. The zero-order chi connectivity index (χ0) is 13.0. The van der Waals surface area contributed by atoms with Gasteiger partial charge in [-0.25, -0.2) is 0 Å². The molecule has 1 aromatic carbocycles. The third kappa shape index (κ3) is 3.65. The van der Waals surface area contributed by atoms with E-state index >= 15 is 0 Å². The minimum atomic E-state index is 0.689. The van der Waals surface area contributed by atoms with Gasteiger partial charge in [-0.2, -0.15) is 4.37 Å². The normalized spacial score (nSPS) is 11.1. The molecule has 0 aliphatic carbocycles. The zero-order valence-corrected chi connectivity index (χ0v) is 12.1. The lowest BCUT2D eigenvalue weighted by atomic mass is 10.1. The Kier molecular flexibility index (Phi) is 4.50. The Hall–Kier alpha value is -1.19. The van der Waals surface area contributed by atoms with Gasteiger partial charge in [-0.05, 0) is 43.1 Å². The van der Waals surface area contributed by atoms with Crippen molar-refractivity contribution in [2.45, 2.75) is 27.3 Å². The van der Waals surface area contributed by atoms with Crippen LogP contribution < -0.4 is 5.32 Å². The average molecular weight is 260 g/mol. The van der Waals surface area contributed by atoms with Crippen molar-refractivity contribution in [1.29, 1.82) is 0 Å². The number of nitrogens with one attached hydrogen (secondary N) is 1. The molecule has 0 saturated carbocycles. The second-order valence-corrected chi connectivity index (χ2v) is 5.96. The van der Waals surface area contributed by atoms with Crippen molar-refractivity contribution in [3.05, 3.63) is 40.8 Å². The third-order valence-corrected chi connectivity index (χ3v) is 3.51. The van der Waals surface area contributed by atoms with Crippen molar-refractivity contribution in [3.8, 4) is 11.3 Å². The first-order valence-corrected chi connectivity index (χ1v) is 7.16. The average Bonchev–Trinajstić information content (AvgIpc) is 2.77. The van der Waals surface area contributed by atoms with Gasteiger partial charge in [-0.3, -0.25) is 0 Å². The summed E-state index contributed by atoms with van der Waals surface area (Å²) in [6.45, 7) is 8.52. The molecule has 0 aliphatic rings. The van der Waals surface area contributed by atoms with Gasteiger partial charge in [0.05, 0.1) is 5.69 Å². The Morgan fingerprint density at radius 2 is 2.11 bits per heavy atom. The quantitative estimate of drug-likeness (QED) is 0.883. The van der Waals surface area contributed by atoms with Gasteiger partial charge >= 0.3 is 0 Å². The molecule has 96 valence electrons. The summed E-state index contributed by atoms with van der Waals surface area (Å²) in [4.78, 5) is 1.30. The van der Waals surface area contributed by atoms with Crippen LogP contribution in [0, 0.1) is 12.8 Å². The van der Waals surface area contributed by atoms with E-state index in [9.17, 15) is 0 Å². The maximum Gasteiger partial charge on any atom is 0.0844 e. The van der Waals surface area contributed by atoms with Crippen molar-refractivity contribution < 1.29 is 0 Å². The lowest BCUT2D eigenvalue weighted by Crippen LogP contribution is -2.18. The summed E-state index contributed by atoms with van der Waals surface area (Å²) in [6.07, 6.45) is 0. The van der Waals surface area contributed by atoms with Crippen LogP contribution in [0.3, 0.4) is 0 Å². The number of nitrogens with zero attached hydrogens (tertiary/aromatic N) is 1. The molecule has 0 amide bonds. The molecule has 0 spiro atoms. The molecule has 1 N–H and O–H groups in total. The summed E-state index contributed by atoms with van der Waals surface area (Å²) in [5.74, 6) is 0.689. The molecule has 0 atom stereocenters. The van der Waals surface area contributed by atoms with Crippen LogP contribution in [0.25, 0.3) is 11.3 Å². The van der Waals surface area contributed by atoms with E-state index in [4.69, 9.17) is 0 Å². The van der Waals surface area contributed by atoms with E-state index in [-0.39, 0.29) is 0 Å². The lowest BCUT2D eigenvalue weighted by Gasteiger charge is -2.04. The fourth-order valence-electron chi connectivity index (χ4n) is 1.82. The molecule has 1 heterocycles. The number of aromatic nitrogens is 1. The van der Waals surface area contributed by atoms with Crippen LogP contribution in [0.5, 0.6) is 0 Å². The standard InChI is InChI=1S/C15H20N2S/c1-11(2)9-16-10-14-8-15(17-18-14)13-6-4-5-12(3)7-13/h4-8,11,16H,9-10H2,1-3H3. The van der Waals surface area contributed by atoms with Gasteiger partial charge in [0.25, 0.3) is 0 Å². The highest BCUT2D eigenvalue weighted by molar-refractivity contribution is 7.06. The topological polar surface area (TPSA) is 24.9 Å². The Morgan fingerprint density at radius 3 is 2.83 bits per heavy atom. The molecular weight excluding hydrogens is 240 g/mol. The first-order chi connectivity index (χ1) is 8.65. The van der Waals surface area contributed by atoms with E-state index in [0.29, 0.717) is 5.92 Å². The first-order valence-electron chi connectivity index (χ1n) is 6.38. The molecule has 0 saturated heterocycles. The van der Waals surface area contributed by atoms with E-state index in [1.165, 1.54) is 16.0 Å². The highest BCUT2D eigenvalue weighted by Gasteiger charge is 2.04. The molecule has 2 nitrogen and oxygen atoms in total. The lowest BCUT2D eigenvalue weighted by molar-refractivity contribution is 0.555. The number of rotatable bonds is 5. The van der Waals surface area contributed by atoms with E-state index in [2.05, 4.69) is 60.8 Å². The molecule has 2 aromatic rings. The largest absolute Gasteiger partial charge is 0.312 e. The fraction of sp³-hybridized carbons (Fsp3) is 0.400. The van der Waals surface area contributed by atoms with Crippen LogP contribution in [0.4, 0.5) is 0 Å². The molecule has 0 radical (unpaired) electrons. The Balaban J connectivity index is 2.02. The summed E-state index contributed by atoms with van der Waals surface area (Å²) in [6, 6.07) is 10.7. The predicted octanol–water partition coefficient (Wildman–Crippen LogP) is 3.86. The van der Waals surface area contributed by atoms with Crippen LogP contribution >= 0.6 is 11.5 Å². The Morgan fingerprint density at radius 1 is 1.28 bits per heavy atom. The highest BCUT2D eigenvalue weighted by Crippen LogP contribution is 2.22. The molecule has 18 heavy (non-hydrogen) atoms. The second-order valence-electron chi connectivity index (χ2n) is 5.07. The van der Waals surface area contributed by atoms with Gasteiger partial charge in [0.1, 0.15) is 0 Å². The minimum absolute atomic E-state index is 0.689. The third-order valence-electron chi connectivity index (χ3n) is 2.72. The highest BCUT2D eigenvalue weighted by atomic mass is 32.1. The van der Waals surface area contributed by atoms with Crippen molar-refractivity contribution in [2.24, 2.45) is 5.92 Å². The summed E-state index contributed by atoms with van der Waals surface area (Å²) in [7, 11) is 0. The molecule has 1 aromatic heterocycles. The molecule has 0 bridgehead atoms. The van der Waals surface area contributed by atoms with Gasteiger partial charge in [0.15, 0.2) is 0 Å². The number of aryl methyl sites for hydroxylation is 1. The molecule has 0 aliphatic heterocycles. The summed E-state index contributed by atoms with van der Waals surface area (Å²) >= 11 is 1.59. The van der Waals surface area contributed by atoms with Gasteiger partial charge in [0.2, 0.25) is 0 Å². The van der Waals surface area contributed by atoms with E-state index < -0.39 is 0 Å². The van der Waals surface area contributed by atoms with Crippen molar-refractivity contribution >= 4 is 11.5 Å². The van der Waals surface area contributed by atoms with Crippen LogP contribution in [0.2, 0.25) is 0 Å². The van der Waals surface area contributed by atoms with Crippen LogP contribution in [-0.4, -0.2) is 10.9 Å². The van der Waals surface area contributed by atoms with Crippen molar-refractivity contribution in [1.82, 2.24) is 9.69 Å². The van der Waals surface area contributed by atoms with E-state index in [0.717, 1.165) is 18.8 Å². The fourth-order valence-corrected chi connectivity index (χ4v) is 2.53. The molecule has 2 rings (SSSR count). The van der Waals surface area contributed by atoms with E-state index in [1.54, 1.807) is 11.5 Å². The number of hydrogen-bond acceptors (Lipinski definition) is 3. The number of benzene rings is 1. The van der Waals surface area contributed by atoms with Crippen LogP contribution in [0.1, 0.15) is 24.3 Å². The predicted molar refractivity (Wildman–Crippen MR) is 78.8 cm³/mol. The van der Waals surface area contributed by atoms with Crippen LogP contribution in [-0.2, 0) is 6.54 Å². The first kappa shape index (κ1) is 13.2. The maximum absolute atomic E-state index is 4.53. The van der Waals surface area contributed by atoms with Gasteiger partial charge in [0, 0.05) is 17.0 Å². The van der Waals surface area contributed by atoms with Crippen molar-refractivity contribution in [3.63, 3.8) is 0 Å². The number of hydrogen-bond donors (Lipinski definition) is 1. The molecule has 3 heteroatoms. The maximum atomic E-state index is 4.53. The van der Waals surface area contributed by atoms with Gasteiger partial charge in [-0.15, -0.1) is 0 Å². The van der Waals surface area contributed by atoms with Crippen LogP contribution in [0.15, 0.2) is 30.3 Å². The van der Waals surface area contributed by atoms with Crippen molar-refractivity contribution in [2.75, 3.05) is 6.54 Å². The SMILES string of the molecule is Cc1cccc(-c2cc(CNCC(C)C)sn2)c1. The zero-order valence-electron chi connectivity index (χ0n) is 11.2.